The van der Waals surface area contributed by atoms with Crippen LogP contribution in [0.2, 0.25) is 0 Å². The monoisotopic (exact) mass is 312 g/mol. The van der Waals surface area contributed by atoms with Crippen molar-refractivity contribution in [2.75, 3.05) is 17.7 Å². The lowest BCUT2D eigenvalue weighted by molar-refractivity contribution is 0.260. The van der Waals surface area contributed by atoms with E-state index in [1.54, 1.807) is 6.20 Å². The van der Waals surface area contributed by atoms with Gasteiger partial charge in [-0.05, 0) is 47.0 Å². The average Bonchev–Trinajstić information content (AvgIpc) is 2.36. The first-order valence-electron chi connectivity index (χ1n) is 6.57. The number of halogens is 1. The lowest BCUT2D eigenvalue weighted by atomic mass is 9.79. The zero-order valence-corrected chi connectivity index (χ0v) is 12.8. The van der Waals surface area contributed by atoms with Gasteiger partial charge in [0.05, 0.1) is 4.47 Å². The Bertz CT molecular complexity index is 410. The maximum atomic E-state index is 4.45. The molecule has 5 heteroatoms. The SMILES string of the molecule is CNc1ncc(Br)c(NC2CCC(C)C(C)C2)n1. The van der Waals surface area contributed by atoms with Crippen molar-refractivity contribution < 1.29 is 0 Å². The molecule has 3 atom stereocenters. The second-order valence-corrected chi connectivity index (χ2v) is 6.10. The minimum Gasteiger partial charge on any atom is -0.366 e. The summed E-state index contributed by atoms with van der Waals surface area (Å²) in [7, 11) is 1.83. The lowest BCUT2D eigenvalue weighted by Gasteiger charge is -2.33. The predicted molar refractivity (Wildman–Crippen MR) is 78.9 cm³/mol. The molecule has 0 aromatic carbocycles. The minimum absolute atomic E-state index is 0.520. The maximum Gasteiger partial charge on any atom is 0.224 e. The highest BCUT2D eigenvalue weighted by Crippen LogP contribution is 2.32. The summed E-state index contributed by atoms with van der Waals surface area (Å²) in [6.07, 6.45) is 5.51. The lowest BCUT2D eigenvalue weighted by Crippen LogP contribution is -2.30. The highest BCUT2D eigenvalue weighted by atomic mass is 79.9. The molecular formula is C13H21BrN4. The van der Waals surface area contributed by atoms with E-state index >= 15 is 0 Å². The third-order valence-corrected chi connectivity index (χ3v) is 4.49. The van der Waals surface area contributed by atoms with Crippen molar-refractivity contribution in [1.29, 1.82) is 0 Å². The summed E-state index contributed by atoms with van der Waals surface area (Å²) in [4.78, 5) is 8.62. The van der Waals surface area contributed by atoms with Crippen LogP contribution in [-0.4, -0.2) is 23.1 Å². The summed E-state index contributed by atoms with van der Waals surface area (Å²) < 4.78 is 0.924. The fourth-order valence-electron chi connectivity index (χ4n) is 2.46. The molecule has 1 saturated carbocycles. The Kier molecular flexibility index (Phi) is 4.43. The van der Waals surface area contributed by atoms with E-state index in [4.69, 9.17) is 0 Å². The van der Waals surface area contributed by atoms with Crippen LogP contribution in [0.3, 0.4) is 0 Å². The van der Waals surface area contributed by atoms with Gasteiger partial charge in [0, 0.05) is 19.3 Å². The van der Waals surface area contributed by atoms with E-state index in [0.29, 0.717) is 12.0 Å². The van der Waals surface area contributed by atoms with E-state index in [1.165, 1.54) is 19.3 Å². The molecular weight excluding hydrogens is 292 g/mol. The van der Waals surface area contributed by atoms with Crippen molar-refractivity contribution in [2.45, 2.75) is 39.2 Å². The van der Waals surface area contributed by atoms with Crippen LogP contribution in [0.25, 0.3) is 0 Å². The molecule has 0 spiro atoms. The van der Waals surface area contributed by atoms with Gasteiger partial charge in [-0.15, -0.1) is 0 Å². The summed E-state index contributed by atoms with van der Waals surface area (Å²) in [6, 6.07) is 0.520. The summed E-state index contributed by atoms with van der Waals surface area (Å²) in [5.41, 5.74) is 0. The smallest absolute Gasteiger partial charge is 0.224 e. The van der Waals surface area contributed by atoms with Crippen LogP contribution >= 0.6 is 15.9 Å². The molecule has 2 N–H and O–H groups in total. The van der Waals surface area contributed by atoms with Crippen molar-refractivity contribution >= 4 is 27.7 Å². The molecule has 2 rings (SSSR count). The van der Waals surface area contributed by atoms with E-state index in [0.717, 1.165) is 22.1 Å². The molecule has 4 nitrogen and oxygen atoms in total. The topological polar surface area (TPSA) is 49.8 Å². The summed E-state index contributed by atoms with van der Waals surface area (Å²) in [6.45, 7) is 4.69. The number of rotatable bonds is 3. The number of nitrogens with one attached hydrogen (secondary N) is 2. The quantitative estimate of drug-likeness (QED) is 0.896. The first-order chi connectivity index (χ1) is 8.60. The van der Waals surface area contributed by atoms with Crippen molar-refractivity contribution in [1.82, 2.24) is 9.97 Å². The Morgan fingerprint density at radius 3 is 2.72 bits per heavy atom. The molecule has 3 unspecified atom stereocenters. The van der Waals surface area contributed by atoms with E-state index in [2.05, 4.69) is 50.4 Å². The highest BCUT2D eigenvalue weighted by molar-refractivity contribution is 9.10. The fourth-order valence-corrected chi connectivity index (χ4v) is 2.77. The van der Waals surface area contributed by atoms with Gasteiger partial charge in [0.25, 0.3) is 0 Å². The Morgan fingerprint density at radius 1 is 1.28 bits per heavy atom. The third kappa shape index (κ3) is 3.13. The van der Waals surface area contributed by atoms with Crippen LogP contribution in [0.1, 0.15) is 33.1 Å². The molecule has 1 aliphatic carbocycles. The second kappa shape index (κ2) is 5.87. The molecule has 1 aromatic heterocycles. The molecule has 1 aliphatic rings. The first-order valence-corrected chi connectivity index (χ1v) is 7.36. The zero-order valence-electron chi connectivity index (χ0n) is 11.2. The number of hydrogen-bond donors (Lipinski definition) is 2. The molecule has 0 aliphatic heterocycles. The first kappa shape index (κ1) is 13.6. The average molecular weight is 313 g/mol. The largest absolute Gasteiger partial charge is 0.366 e. The van der Waals surface area contributed by atoms with Crippen LogP contribution in [0, 0.1) is 11.8 Å². The molecule has 100 valence electrons. The molecule has 0 saturated heterocycles. The van der Waals surface area contributed by atoms with Crippen LogP contribution in [0.4, 0.5) is 11.8 Å². The molecule has 18 heavy (non-hydrogen) atoms. The number of aromatic nitrogens is 2. The van der Waals surface area contributed by atoms with Crippen LogP contribution in [-0.2, 0) is 0 Å². The Hall–Kier alpha value is -0.840. The summed E-state index contributed by atoms with van der Waals surface area (Å²) >= 11 is 3.50. The van der Waals surface area contributed by atoms with Gasteiger partial charge in [-0.1, -0.05) is 13.8 Å². The van der Waals surface area contributed by atoms with Gasteiger partial charge in [-0.25, -0.2) is 4.98 Å². The minimum atomic E-state index is 0.520. The fraction of sp³-hybridized carbons (Fsp3) is 0.692. The molecule has 0 amide bonds. The summed E-state index contributed by atoms with van der Waals surface area (Å²) in [5.74, 6) is 3.16. The van der Waals surface area contributed by atoms with Crippen LogP contribution in [0.15, 0.2) is 10.7 Å². The zero-order chi connectivity index (χ0) is 13.1. The van der Waals surface area contributed by atoms with Crippen LogP contribution < -0.4 is 10.6 Å². The normalized spacial score (nSPS) is 27.9. The van der Waals surface area contributed by atoms with E-state index in [1.807, 2.05) is 7.05 Å². The van der Waals surface area contributed by atoms with Gasteiger partial charge < -0.3 is 10.6 Å². The van der Waals surface area contributed by atoms with Gasteiger partial charge in [-0.2, -0.15) is 4.98 Å². The van der Waals surface area contributed by atoms with Gasteiger partial charge in [0.15, 0.2) is 0 Å². The predicted octanol–water partition coefficient (Wildman–Crippen LogP) is 3.52. The molecule has 0 bridgehead atoms. The molecule has 0 radical (unpaired) electrons. The molecule has 1 aromatic rings. The van der Waals surface area contributed by atoms with E-state index in [-0.39, 0.29) is 0 Å². The van der Waals surface area contributed by atoms with Gasteiger partial charge in [-0.3, -0.25) is 0 Å². The van der Waals surface area contributed by atoms with Crippen molar-refractivity contribution in [2.24, 2.45) is 11.8 Å². The molecule has 1 heterocycles. The number of nitrogens with zero attached hydrogens (tertiary/aromatic N) is 2. The third-order valence-electron chi connectivity index (χ3n) is 3.91. The summed E-state index contributed by atoms with van der Waals surface area (Å²) in [5, 5.41) is 6.50. The van der Waals surface area contributed by atoms with E-state index < -0.39 is 0 Å². The van der Waals surface area contributed by atoms with Crippen molar-refractivity contribution in [3.63, 3.8) is 0 Å². The van der Waals surface area contributed by atoms with Gasteiger partial charge in [0.2, 0.25) is 5.95 Å². The number of anilines is 2. The Labute approximate surface area is 117 Å². The Morgan fingerprint density at radius 2 is 2.06 bits per heavy atom. The standard InChI is InChI=1S/C13H21BrN4/c1-8-4-5-10(6-9(8)2)17-12-11(14)7-16-13(15-3)18-12/h7-10H,4-6H2,1-3H3,(H2,15,16,17,18). The Balaban J connectivity index is 2.05. The van der Waals surface area contributed by atoms with Crippen molar-refractivity contribution in [3.05, 3.63) is 10.7 Å². The maximum absolute atomic E-state index is 4.45. The number of hydrogen-bond acceptors (Lipinski definition) is 4. The van der Waals surface area contributed by atoms with Crippen LogP contribution in [0.5, 0.6) is 0 Å². The second-order valence-electron chi connectivity index (χ2n) is 5.25. The van der Waals surface area contributed by atoms with Gasteiger partial charge >= 0.3 is 0 Å². The highest BCUT2D eigenvalue weighted by Gasteiger charge is 2.25. The van der Waals surface area contributed by atoms with Gasteiger partial charge in [0.1, 0.15) is 5.82 Å². The van der Waals surface area contributed by atoms with E-state index in [9.17, 15) is 0 Å². The van der Waals surface area contributed by atoms with Crippen molar-refractivity contribution in [3.8, 4) is 0 Å². The molecule has 1 fully saturated rings.